The molecule has 9 heterocycles. The topological polar surface area (TPSA) is 180 Å². The Bertz CT molecular complexity index is 4230. The normalized spacial score (nSPS) is 16.3. The van der Waals surface area contributed by atoms with E-state index in [9.17, 15) is 22.8 Å². The summed E-state index contributed by atoms with van der Waals surface area (Å²) in [6.07, 6.45) is 9.92. The Morgan fingerprint density at radius 1 is 0.468 bits per heavy atom. The number of nitrogens with one attached hydrogen (secondary N) is 3. The van der Waals surface area contributed by atoms with Crippen LogP contribution in [0.2, 0.25) is 0 Å². The summed E-state index contributed by atoms with van der Waals surface area (Å²) in [6, 6.07) is 37.3. The van der Waals surface area contributed by atoms with E-state index in [0.29, 0.717) is 54.5 Å². The molecule has 3 N–H and O–H groups in total. The Kier molecular flexibility index (Phi) is 32.4. The molecule has 0 saturated carbocycles. The molecule has 0 spiro atoms. The van der Waals surface area contributed by atoms with E-state index in [1.165, 1.54) is 118 Å². The molecule has 3 aromatic heterocycles. The highest BCUT2D eigenvalue weighted by molar-refractivity contribution is 7.88. The average molecular weight is 1510 g/mol. The maximum Gasteiger partial charge on any atom is 0.251 e. The second-order valence-corrected chi connectivity index (χ2v) is 35.6. The molecule has 14 rings (SSSR count). The van der Waals surface area contributed by atoms with E-state index in [4.69, 9.17) is 0 Å². The summed E-state index contributed by atoms with van der Waals surface area (Å²) in [5, 5.41) is 6.22. The number of fused-ring (bicyclic) bond motifs is 7. The van der Waals surface area contributed by atoms with Gasteiger partial charge in [0.1, 0.15) is 0 Å². The van der Waals surface area contributed by atoms with Crippen molar-refractivity contribution in [3.05, 3.63) is 227 Å². The number of hydrogen-bond donors (Lipinski definition) is 3. The number of sulfonamides is 1. The van der Waals surface area contributed by atoms with Crippen LogP contribution in [0.25, 0.3) is 0 Å². The molecular weight excluding hydrogens is 1370 g/mol. The Balaban J connectivity index is 0.000000161. The number of carbonyl (C=O) groups excluding carboxylic acids is 3. The number of aryl methyl sites for hydroxylation is 1. The molecule has 7 aromatic rings. The van der Waals surface area contributed by atoms with Gasteiger partial charge in [-0.25, -0.2) is 13.1 Å². The van der Waals surface area contributed by atoms with Gasteiger partial charge in [-0.1, -0.05) is 176 Å². The number of hydrogen-bond acceptors (Lipinski definition) is 13. The lowest BCUT2D eigenvalue weighted by atomic mass is 9.86. The SMILES string of the molecule is CC(C)c1cc2c(cn1)CN(C)C2.CC(C)c1ccc2c(c1)C(=O)NCC2.CC(C)c1ccc2c(c1)CCC(NS(C)(=O)=O)C2.CC(C)c1ccc2c(c1)CCN(C(=O)CN(C)C)C2.CC(C)c1ccc2c(c1)CN(C(=O)CN(C)C)CC2.CC(C)c1ccc2c(n1)CCNC2.CC(C)c1ccc2c(n1)CN(C)C2. The van der Waals surface area contributed by atoms with Crippen molar-refractivity contribution in [1.29, 1.82) is 0 Å². The van der Waals surface area contributed by atoms with Gasteiger partial charge < -0.3 is 30.2 Å². The fourth-order valence-corrected chi connectivity index (χ4v) is 15.4. The van der Waals surface area contributed by atoms with Crippen molar-refractivity contribution in [2.24, 2.45) is 0 Å². The number of aromatic nitrogens is 3. The van der Waals surface area contributed by atoms with E-state index in [-0.39, 0.29) is 23.8 Å². The molecule has 7 aliphatic rings. The van der Waals surface area contributed by atoms with Crippen LogP contribution in [0.5, 0.6) is 0 Å². The fraction of sp³-hybridized carbons (Fsp3) is 0.538. The van der Waals surface area contributed by atoms with E-state index >= 15 is 0 Å². The van der Waals surface area contributed by atoms with Crippen LogP contribution < -0.4 is 15.4 Å². The quantitative estimate of drug-likeness (QED) is 0.0994. The summed E-state index contributed by atoms with van der Waals surface area (Å²) in [5.74, 6) is 4.28. The summed E-state index contributed by atoms with van der Waals surface area (Å²) < 4.78 is 25.2. The Hall–Kier alpha value is -7.55. The number of amides is 3. The molecule has 1 atom stereocenters. The van der Waals surface area contributed by atoms with Gasteiger partial charge in [-0.3, -0.25) is 39.1 Å². The Morgan fingerprint density at radius 2 is 0.927 bits per heavy atom. The molecule has 0 saturated heterocycles. The maximum atomic E-state index is 12.1. The van der Waals surface area contributed by atoms with Crippen molar-refractivity contribution in [3.63, 3.8) is 0 Å². The first kappa shape index (κ1) is 87.0. The van der Waals surface area contributed by atoms with Crippen molar-refractivity contribution in [1.82, 2.24) is 59.7 Å². The summed E-state index contributed by atoms with van der Waals surface area (Å²) in [6.45, 7) is 41.9. The zero-order chi connectivity index (χ0) is 79.6. The second-order valence-electron chi connectivity index (χ2n) is 33.9. The summed E-state index contributed by atoms with van der Waals surface area (Å²) in [4.78, 5) is 62.0. The van der Waals surface area contributed by atoms with Gasteiger partial charge in [-0.2, -0.15) is 0 Å². The minimum Gasteiger partial charge on any atom is -0.352 e. The summed E-state index contributed by atoms with van der Waals surface area (Å²) >= 11 is 0. The molecule has 4 aromatic carbocycles. The third-order valence-corrected chi connectivity index (χ3v) is 22.1. The molecular formula is C91H132N12O5S. The van der Waals surface area contributed by atoms with E-state index in [1.807, 2.05) is 60.1 Å². The Morgan fingerprint density at radius 3 is 1.49 bits per heavy atom. The predicted molar refractivity (Wildman–Crippen MR) is 448 cm³/mol. The lowest BCUT2D eigenvalue weighted by Crippen LogP contribution is -2.40. The zero-order valence-electron chi connectivity index (χ0n) is 70.1. The van der Waals surface area contributed by atoms with Crippen molar-refractivity contribution >= 4 is 27.7 Å². The molecule has 592 valence electrons. The summed E-state index contributed by atoms with van der Waals surface area (Å²) in [5.41, 5.74) is 27.4. The summed E-state index contributed by atoms with van der Waals surface area (Å²) in [7, 11) is 8.93. The monoisotopic (exact) mass is 1510 g/mol. The highest BCUT2D eigenvalue weighted by Gasteiger charge is 2.26. The number of rotatable bonds is 13. The number of benzene rings is 4. The highest BCUT2D eigenvalue weighted by atomic mass is 32.2. The third-order valence-electron chi connectivity index (χ3n) is 21.3. The van der Waals surface area contributed by atoms with E-state index in [0.717, 1.165) is 123 Å². The minimum atomic E-state index is -3.10. The van der Waals surface area contributed by atoms with Crippen LogP contribution in [0.4, 0.5) is 0 Å². The minimum absolute atomic E-state index is 0.0531. The van der Waals surface area contributed by atoms with Crippen LogP contribution >= 0.6 is 0 Å². The number of pyridine rings is 3. The molecule has 6 aliphatic heterocycles. The van der Waals surface area contributed by atoms with Gasteiger partial charge in [-0.15, -0.1) is 0 Å². The van der Waals surface area contributed by atoms with Gasteiger partial charge in [0.2, 0.25) is 21.8 Å². The van der Waals surface area contributed by atoms with Crippen LogP contribution in [-0.4, -0.2) is 164 Å². The maximum absolute atomic E-state index is 12.1. The van der Waals surface area contributed by atoms with Gasteiger partial charge in [-0.05, 0) is 230 Å². The predicted octanol–water partition coefficient (Wildman–Crippen LogP) is 15.0. The lowest BCUT2D eigenvalue weighted by Gasteiger charge is -2.30. The van der Waals surface area contributed by atoms with Crippen molar-refractivity contribution in [2.75, 3.05) is 87.8 Å². The molecule has 3 amide bonds. The van der Waals surface area contributed by atoms with Crippen molar-refractivity contribution < 1.29 is 22.8 Å². The van der Waals surface area contributed by atoms with E-state index in [1.54, 1.807) is 0 Å². The van der Waals surface area contributed by atoms with Crippen LogP contribution in [0.15, 0.2) is 109 Å². The first-order valence-corrected chi connectivity index (χ1v) is 42.1. The molecule has 109 heavy (non-hydrogen) atoms. The van der Waals surface area contributed by atoms with Gasteiger partial charge in [0.05, 0.1) is 25.0 Å². The zero-order valence-corrected chi connectivity index (χ0v) is 70.9. The van der Waals surface area contributed by atoms with Gasteiger partial charge in [0.25, 0.3) is 5.91 Å². The second kappa shape index (κ2) is 40.6. The Labute approximate surface area is 656 Å². The van der Waals surface area contributed by atoms with Crippen LogP contribution in [0.1, 0.15) is 267 Å². The van der Waals surface area contributed by atoms with Crippen molar-refractivity contribution in [3.8, 4) is 0 Å². The van der Waals surface area contributed by atoms with Crippen LogP contribution in [-0.2, 0) is 104 Å². The van der Waals surface area contributed by atoms with Crippen molar-refractivity contribution in [2.45, 2.75) is 235 Å². The van der Waals surface area contributed by atoms with Gasteiger partial charge in [0.15, 0.2) is 0 Å². The van der Waals surface area contributed by atoms with Crippen LogP contribution in [0, 0.1) is 0 Å². The molecule has 0 radical (unpaired) electrons. The van der Waals surface area contributed by atoms with Gasteiger partial charge >= 0.3 is 0 Å². The lowest BCUT2D eigenvalue weighted by molar-refractivity contribution is -0.133. The van der Waals surface area contributed by atoms with E-state index < -0.39 is 10.0 Å². The largest absolute Gasteiger partial charge is 0.352 e. The third kappa shape index (κ3) is 26.3. The number of carbonyl (C=O) groups is 3. The number of nitrogens with zero attached hydrogens (tertiary/aromatic N) is 9. The van der Waals surface area contributed by atoms with Crippen LogP contribution in [0.3, 0.4) is 0 Å². The molecule has 1 unspecified atom stereocenters. The fourth-order valence-electron chi connectivity index (χ4n) is 14.6. The molecule has 0 bridgehead atoms. The number of likely N-dealkylation sites (N-methyl/N-ethyl adjacent to an activating group) is 2. The first-order valence-electron chi connectivity index (χ1n) is 40.2. The first-order chi connectivity index (χ1) is 51.6. The smallest absolute Gasteiger partial charge is 0.251 e. The standard InChI is InChI=1S/2C16H24N2O.C14H21NO2S.C12H15NO.3C11H16N2/c1-12(2)13-5-6-15-10-18(8-7-14(15)9-13)16(19)11-17(3)4;1-12(2)14-6-5-13-7-8-18(10-15(13)9-14)16(19)11-17(3)4;1-10(2)11-4-5-13-9-14(15-18(3,16)17)7-6-12(13)8-11;1-8(2)10-4-3-9-5-6-13-12(14)11(9)7-10;1-8(2)11-4-9-6-13(3)7-10(9)5-12-11;1-8(2)10-5-4-9-6-13(3)7-11(9)12-10;1-8(2)10-4-3-9-7-12-6-5-11(9)13-10/h2*5-6,9,12H,7-8,10-11H2,1-4H3;4-5,8,10,14-15H,6-7,9H2,1-3H3;3-4,7-8H,5-6H2,1-2H3,(H,13,14);2*4-5,8H,6-7H2,1-3H3;3-4,8,12H,5-7H2,1-2H3. The molecule has 0 fully saturated rings. The molecule has 17 nitrogen and oxygen atoms in total. The molecule has 1 aliphatic carbocycles. The van der Waals surface area contributed by atoms with Gasteiger partial charge in [0, 0.05) is 119 Å². The van der Waals surface area contributed by atoms with E-state index in [2.05, 4.69) is 248 Å². The highest BCUT2D eigenvalue weighted by Crippen LogP contribution is 2.31. The average Bonchev–Trinajstić information content (AvgIpc) is 1.66. The molecule has 18 heteroatoms.